The van der Waals surface area contributed by atoms with Crippen LogP contribution in [0.5, 0.6) is 0 Å². The van der Waals surface area contributed by atoms with Gasteiger partial charge in [-0.15, -0.1) is 11.3 Å². The highest BCUT2D eigenvalue weighted by molar-refractivity contribution is 7.09. The lowest BCUT2D eigenvalue weighted by Crippen LogP contribution is -2.38. The Morgan fingerprint density at radius 2 is 2.21 bits per heavy atom. The Bertz CT molecular complexity index is 854. The van der Waals surface area contributed by atoms with Gasteiger partial charge in [-0.3, -0.25) is 9.78 Å². The molecule has 0 spiro atoms. The van der Waals surface area contributed by atoms with E-state index in [-0.39, 0.29) is 11.8 Å². The predicted octanol–water partition coefficient (Wildman–Crippen LogP) is 3.89. The highest BCUT2D eigenvalue weighted by atomic mass is 35.5. The fourth-order valence-corrected chi connectivity index (χ4v) is 3.81. The van der Waals surface area contributed by atoms with E-state index in [1.807, 2.05) is 17.0 Å². The van der Waals surface area contributed by atoms with Crippen LogP contribution in [0, 0.1) is 0 Å². The summed E-state index contributed by atoms with van der Waals surface area (Å²) in [7, 11) is 0. The molecular weight excluding hydrogens is 346 g/mol. The van der Waals surface area contributed by atoms with Crippen molar-refractivity contribution in [1.82, 2.24) is 14.9 Å². The van der Waals surface area contributed by atoms with Crippen molar-refractivity contribution >= 4 is 39.9 Å². The van der Waals surface area contributed by atoms with E-state index in [0.29, 0.717) is 11.4 Å². The van der Waals surface area contributed by atoms with E-state index in [9.17, 15) is 4.79 Å². The van der Waals surface area contributed by atoms with Crippen LogP contribution in [-0.2, 0) is 11.2 Å². The number of benzene rings is 1. The van der Waals surface area contributed by atoms with Crippen molar-refractivity contribution in [2.75, 3.05) is 13.1 Å². The minimum Gasteiger partial charge on any atom is -0.440 e. The fraction of sp³-hybridized carbons (Fsp3) is 0.353. The quantitative estimate of drug-likeness (QED) is 0.710. The minimum atomic E-state index is 0.169. The maximum absolute atomic E-state index is 12.3. The molecule has 0 aliphatic carbocycles. The highest BCUT2D eigenvalue weighted by Gasteiger charge is 2.27. The Morgan fingerprint density at radius 3 is 2.96 bits per heavy atom. The third-order valence-corrected chi connectivity index (χ3v) is 5.39. The SMILES string of the molecule is O=C(Cc1cncs1)N1CCC(c2nc3cc(Cl)ccc3o2)CC1. The number of aromatic nitrogens is 2. The van der Waals surface area contributed by atoms with Gasteiger partial charge in [0.2, 0.25) is 5.91 Å². The number of hydrogen-bond acceptors (Lipinski definition) is 5. The van der Waals surface area contributed by atoms with E-state index in [0.717, 1.165) is 47.8 Å². The first-order valence-electron chi connectivity index (χ1n) is 7.90. The molecule has 0 atom stereocenters. The Balaban J connectivity index is 1.40. The number of fused-ring (bicyclic) bond motifs is 1. The summed E-state index contributed by atoms with van der Waals surface area (Å²) in [5.74, 6) is 1.17. The lowest BCUT2D eigenvalue weighted by atomic mass is 9.96. The van der Waals surface area contributed by atoms with Crippen molar-refractivity contribution < 1.29 is 9.21 Å². The Labute approximate surface area is 148 Å². The molecule has 0 saturated carbocycles. The third kappa shape index (κ3) is 3.16. The molecule has 1 aromatic carbocycles. The topological polar surface area (TPSA) is 59.2 Å². The van der Waals surface area contributed by atoms with Crippen molar-refractivity contribution in [1.29, 1.82) is 0 Å². The molecule has 1 fully saturated rings. The number of nitrogens with zero attached hydrogens (tertiary/aromatic N) is 3. The summed E-state index contributed by atoms with van der Waals surface area (Å²) in [6.45, 7) is 1.48. The normalized spacial score (nSPS) is 16.0. The first-order chi connectivity index (χ1) is 11.7. The molecule has 1 saturated heterocycles. The second kappa shape index (κ2) is 6.53. The third-order valence-electron chi connectivity index (χ3n) is 4.37. The second-order valence-electron chi connectivity index (χ2n) is 5.96. The molecule has 5 nitrogen and oxygen atoms in total. The number of thiazole rings is 1. The van der Waals surface area contributed by atoms with Gasteiger partial charge in [0.15, 0.2) is 11.5 Å². The molecule has 3 heterocycles. The molecule has 4 rings (SSSR count). The minimum absolute atomic E-state index is 0.169. The first-order valence-corrected chi connectivity index (χ1v) is 9.16. The van der Waals surface area contributed by atoms with Crippen molar-refractivity contribution in [3.05, 3.63) is 45.7 Å². The summed E-state index contributed by atoms with van der Waals surface area (Å²) in [6.07, 6.45) is 3.94. The Morgan fingerprint density at radius 1 is 1.38 bits per heavy atom. The van der Waals surface area contributed by atoms with Gasteiger partial charge in [0.1, 0.15) is 5.52 Å². The van der Waals surface area contributed by atoms with Crippen LogP contribution in [0.15, 0.2) is 34.3 Å². The number of carbonyl (C=O) groups is 1. The van der Waals surface area contributed by atoms with E-state index in [1.54, 1.807) is 17.8 Å². The molecule has 0 bridgehead atoms. The smallest absolute Gasteiger partial charge is 0.227 e. The van der Waals surface area contributed by atoms with Crippen molar-refractivity contribution in [3.8, 4) is 0 Å². The molecule has 0 unspecified atom stereocenters. The second-order valence-corrected chi connectivity index (χ2v) is 7.37. The van der Waals surface area contributed by atoms with Gasteiger partial charge < -0.3 is 9.32 Å². The van der Waals surface area contributed by atoms with Crippen LogP contribution in [0.3, 0.4) is 0 Å². The van der Waals surface area contributed by atoms with Crippen LogP contribution in [-0.4, -0.2) is 33.9 Å². The van der Waals surface area contributed by atoms with Crippen LogP contribution in [0.1, 0.15) is 29.5 Å². The van der Waals surface area contributed by atoms with E-state index in [4.69, 9.17) is 16.0 Å². The maximum atomic E-state index is 12.3. The molecule has 7 heteroatoms. The predicted molar refractivity (Wildman–Crippen MR) is 93.4 cm³/mol. The number of halogens is 1. The van der Waals surface area contributed by atoms with Crippen LogP contribution in [0.4, 0.5) is 0 Å². The summed E-state index contributed by atoms with van der Waals surface area (Å²) in [5.41, 5.74) is 3.31. The molecule has 2 aromatic heterocycles. The molecule has 1 amide bonds. The van der Waals surface area contributed by atoms with Gasteiger partial charge in [0.05, 0.1) is 11.9 Å². The summed E-state index contributed by atoms with van der Waals surface area (Å²) in [5, 5.41) is 0.658. The molecular formula is C17H16ClN3O2S. The lowest BCUT2D eigenvalue weighted by molar-refractivity contribution is -0.131. The van der Waals surface area contributed by atoms with Crippen LogP contribution >= 0.6 is 22.9 Å². The van der Waals surface area contributed by atoms with Gasteiger partial charge in [0, 0.05) is 35.1 Å². The molecule has 1 aliphatic rings. The number of hydrogen-bond donors (Lipinski definition) is 0. The van der Waals surface area contributed by atoms with E-state index in [1.165, 1.54) is 11.3 Å². The number of likely N-dealkylation sites (tertiary alicyclic amines) is 1. The average Bonchev–Trinajstić information content (AvgIpc) is 3.24. The monoisotopic (exact) mass is 361 g/mol. The van der Waals surface area contributed by atoms with Gasteiger partial charge in [-0.25, -0.2) is 4.98 Å². The van der Waals surface area contributed by atoms with E-state index >= 15 is 0 Å². The zero-order valence-corrected chi connectivity index (χ0v) is 14.5. The zero-order valence-electron chi connectivity index (χ0n) is 12.9. The van der Waals surface area contributed by atoms with Crippen molar-refractivity contribution in [2.45, 2.75) is 25.2 Å². The summed E-state index contributed by atoms with van der Waals surface area (Å²) < 4.78 is 5.86. The highest BCUT2D eigenvalue weighted by Crippen LogP contribution is 2.31. The maximum Gasteiger partial charge on any atom is 0.227 e. The number of piperidine rings is 1. The molecule has 1 aliphatic heterocycles. The molecule has 0 radical (unpaired) electrons. The first kappa shape index (κ1) is 15.6. The zero-order chi connectivity index (χ0) is 16.5. The molecule has 24 heavy (non-hydrogen) atoms. The van der Waals surface area contributed by atoms with Gasteiger partial charge >= 0.3 is 0 Å². The summed E-state index contributed by atoms with van der Waals surface area (Å²) in [4.78, 5) is 23.9. The lowest BCUT2D eigenvalue weighted by Gasteiger charge is -2.30. The van der Waals surface area contributed by atoms with Crippen LogP contribution in [0.2, 0.25) is 5.02 Å². The van der Waals surface area contributed by atoms with Gasteiger partial charge in [0.25, 0.3) is 0 Å². The fourth-order valence-electron chi connectivity index (χ4n) is 3.06. The standard InChI is InChI=1S/C17H16ClN3O2S/c18-12-1-2-15-14(7-12)20-17(23-15)11-3-5-21(6-4-11)16(22)8-13-9-19-10-24-13/h1-2,7,9-11H,3-6,8H2. The van der Waals surface area contributed by atoms with Gasteiger partial charge in [-0.2, -0.15) is 0 Å². The average molecular weight is 362 g/mol. The number of amides is 1. The van der Waals surface area contributed by atoms with E-state index < -0.39 is 0 Å². The van der Waals surface area contributed by atoms with Crippen molar-refractivity contribution in [2.24, 2.45) is 0 Å². The van der Waals surface area contributed by atoms with Crippen molar-refractivity contribution in [3.63, 3.8) is 0 Å². The Hall–Kier alpha value is -1.92. The number of carbonyl (C=O) groups excluding carboxylic acids is 1. The van der Waals surface area contributed by atoms with Crippen LogP contribution in [0.25, 0.3) is 11.1 Å². The van der Waals surface area contributed by atoms with Crippen LogP contribution < -0.4 is 0 Å². The van der Waals surface area contributed by atoms with Gasteiger partial charge in [-0.05, 0) is 31.0 Å². The largest absolute Gasteiger partial charge is 0.440 e. The molecule has 0 N–H and O–H groups in total. The number of oxazole rings is 1. The van der Waals surface area contributed by atoms with E-state index in [2.05, 4.69) is 9.97 Å². The number of rotatable bonds is 3. The summed E-state index contributed by atoms with van der Waals surface area (Å²) in [6, 6.07) is 5.47. The van der Waals surface area contributed by atoms with Gasteiger partial charge in [-0.1, -0.05) is 11.6 Å². The molecule has 3 aromatic rings. The summed E-state index contributed by atoms with van der Waals surface area (Å²) >= 11 is 7.52. The molecule has 124 valence electrons. The Kier molecular flexibility index (Phi) is 4.24.